The largest absolute Gasteiger partial charge is 0.319 e. The quantitative estimate of drug-likeness (QED) is 0.805. The van der Waals surface area contributed by atoms with Gasteiger partial charge in [0.15, 0.2) is 0 Å². The molecule has 1 heterocycles. The van der Waals surface area contributed by atoms with Gasteiger partial charge in [0.2, 0.25) is 0 Å². The zero-order chi connectivity index (χ0) is 15.2. The zero-order valence-corrected chi connectivity index (χ0v) is 14.7. The third-order valence-electron chi connectivity index (χ3n) is 4.67. The molecule has 2 atom stereocenters. The van der Waals surface area contributed by atoms with Gasteiger partial charge < -0.3 is 5.73 Å². The number of aromatic nitrogens is 1. The van der Waals surface area contributed by atoms with Gasteiger partial charge in [-0.25, -0.2) is 4.98 Å². The average Bonchev–Trinajstić information content (AvgIpc) is 2.77. The Hall–Kier alpha value is -0.410. The topological polar surface area (TPSA) is 38.9 Å². The summed E-state index contributed by atoms with van der Waals surface area (Å²) in [6, 6.07) is 0. The van der Waals surface area contributed by atoms with Crippen LogP contribution in [0, 0.1) is 11.3 Å². The van der Waals surface area contributed by atoms with E-state index in [4.69, 9.17) is 10.7 Å². The van der Waals surface area contributed by atoms with Crippen molar-refractivity contribution in [3.05, 3.63) is 16.1 Å². The molecule has 2 rings (SSSR count). The summed E-state index contributed by atoms with van der Waals surface area (Å²) in [6.45, 7) is 13.6. The molecule has 1 aliphatic carbocycles. The molecule has 1 fully saturated rings. The Kier molecular flexibility index (Phi) is 4.07. The average molecular weight is 295 g/mol. The van der Waals surface area contributed by atoms with Gasteiger partial charge in [0.05, 0.1) is 11.2 Å². The van der Waals surface area contributed by atoms with E-state index in [-0.39, 0.29) is 16.4 Å². The minimum absolute atomic E-state index is 0.108. The van der Waals surface area contributed by atoms with Crippen LogP contribution in [0.5, 0.6) is 0 Å². The molecule has 0 radical (unpaired) electrons. The van der Waals surface area contributed by atoms with E-state index in [1.807, 2.05) is 0 Å². The van der Waals surface area contributed by atoms with Gasteiger partial charge in [-0.05, 0) is 24.2 Å². The van der Waals surface area contributed by atoms with Crippen molar-refractivity contribution >= 4 is 11.3 Å². The normalized spacial score (nSPS) is 28.6. The van der Waals surface area contributed by atoms with E-state index in [2.05, 4.69) is 46.9 Å². The highest BCUT2D eigenvalue weighted by atomic mass is 32.1. The van der Waals surface area contributed by atoms with Crippen LogP contribution in [0.15, 0.2) is 5.38 Å². The summed E-state index contributed by atoms with van der Waals surface area (Å²) in [7, 11) is 0. The van der Waals surface area contributed by atoms with Gasteiger partial charge in [0, 0.05) is 10.8 Å². The summed E-state index contributed by atoms with van der Waals surface area (Å²) < 4.78 is 0. The molecule has 0 spiro atoms. The highest BCUT2D eigenvalue weighted by molar-refractivity contribution is 7.09. The van der Waals surface area contributed by atoms with Crippen molar-refractivity contribution in [3.8, 4) is 0 Å². The van der Waals surface area contributed by atoms with Crippen molar-refractivity contribution in [1.29, 1.82) is 0 Å². The zero-order valence-electron chi connectivity index (χ0n) is 13.9. The summed E-state index contributed by atoms with van der Waals surface area (Å²) in [5.74, 6) is 0.516. The second-order valence-electron chi connectivity index (χ2n) is 8.49. The van der Waals surface area contributed by atoms with Crippen molar-refractivity contribution in [3.63, 3.8) is 0 Å². The Bertz CT molecular complexity index is 464. The van der Waals surface area contributed by atoms with Crippen LogP contribution in [0.4, 0.5) is 0 Å². The number of nitrogens with two attached hydrogens (primary N) is 1. The van der Waals surface area contributed by atoms with Gasteiger partial charge in [-0.3, -0.25) is 0 Å². The molecule has 0 aliphatic heterocycles. The summed E-state index contributed by atoms with van der Waals surface area (Å²) in [6.07, 6.45) is 4.84. The van der Waals surface area contributed by atoms with E-state index in [1.54, 1.807) is 11.3 Å². The molecule has 2 N–H and O–H groups in total. The number of rotatable bonds is 1. The van der Waals surface area contributed by atoms with E-state index < -0.39 is 0 Å². The van der Waals surface area contributed by atoms with Crippen LogP contribution in [0.3, 0.4) is 0 Å². The minimum atomic E-state index is -0.231. The molecular weight excluding hydrogens is 264 g/mol. The van der Waals surface area contributed by atoms with Crippen LogP contribution in [0.2, 0.25) is 0 Å². The van der Waals surface area contributed by atoms with Crippen LogP contribution in [0.25, 0.3) is 0 Å². The standard InChI is InChI=1S/C17H30N2S/c1-15(2,3)12-9-7-8-10-17(12,18)14-19-13(11-20-14)16(4,5)6/h11-12H,7-10,18H2,1-6H3. The SMILES string of the molecule is CC(C)(C)c1csc(C2(N)CCCCC2C(C)(C)C)n1. The van der Waals surface area contributed by atoms with Gasteiger partial charge in [-0.2, -0.15) is 0 Å². The Balaban J connectivity index is 2.39. The molecule has 0 aromatic carbocycles. The summed E-state index contributed by atoms with van der Waals surface area (Å²) in [4.78, 5) is 4.93. The second-order valence-corrected chi connectivity index (χ2v) is 9.35. The maximum atomic E-state index is 6.92. The molecular formula is C17H30N2S. The number of thiazole rings is 1. The lowest BCUT2D eigenvalue weighted by atomic mass is 9.62. The van der Waals surface area contributed by atoms with Gasteiger partial charge in [-0.15, -0.1) is 11.3 Å². The van der Waals surface area contributed by atoms with Crippen molar-refractivity contribution in [1.82, 2.24) is 4.98 Å². The lowest BCUT2D eigenvalue weighted by molar-refractivity contribution is 0.0774. The van der Waals surface area contributed by atoms with E-state index in [0.29, 0.717) is 5.92 Å². The summed E-state index contributed by atoms with van der Waals surface area (Å²) >= 11 is 1.77. The molecule has 20 heavy (non-hydrogen) atoms. The van der Waals surface area contributed by atoms with Crippen molar-refractivity contribution in [2.24, 2.45) is 17.1 Å². The molecule has 2 nitrogen and oxygen atoms in total. The molecule has 0 saturated heterocycles. The molecule has 114 valence electrons. The van der Waals surface area contributed by atoms with Crippen molar-refractivity contribution < 1.29 is 0 Å². The minimum Gasteiger partial charge on any atom is -0.319 e. The fraction of sp³-hybridized carbons (Fsp3) is 0.824. The molecule has 0 bridgehead atoms. The fourth-order valence-corrected chi connectivity index (χ4v) is 4.74. The smallest absolute Gasteiger partial charge is 0.113 e. The first kappa shape index (κ1) is 16.0. The predicted molar refractivity (Wildman–Crippen MR) is 88.1 cm³/mol. The number of hydrogen-bond donors (Lipinski definition) is 1. The first-order valence-corrected chi connectivity index (χ1v) is 8.68. The van der Waals surface area contributed by atoms with E-state index in [0.717, 1.165) is 11.4 Å². The van der Waals surface area contributed by atoms with Gasteiger partial charge in [0.1, 0.15) is 5.01 Å². The van der Waals surface area contributed by atoms with Crippen LogP contribution in [0.1, 0.15) is 77.9 Å². The highest BCUT2D eigenvalue weighted by Crippen LogP contribution is 2.49. The van der Waals surface area contributed by atoms with Crippen LogP contribution >= 0.6 is 11.3 Å². The number of hydrogen-bond acceptors (Lipinski definition) is 3. The maximum absolute atomic E-state index is 6.92. The van der Waals surface area contributed by atoms with E-state index in [9.17, 15) is 0 Å². The summed E-state index contributed by atoms with van der Waals surface area (Å²) in [5.41, 5.74) is 8.21. The third-order valence-corrected chi connectivity index (χ3v) is 5.71. The molecule has 1 aromatic heterocycles. The third kappa shape index (κ3) is 2.94. The van der Waals surface area contributed by atoms with Crippen LogP contribution < -0.4 is 5.73 Å². The molecule has 0 amide bonds. The Morgan fingerprint density at radius 1 is 1.20 bits per heavy atom. The van der Waals surface area contributed by atoms with Crippen molar-refractivity contribution in [2.75, 3.05) is 0 Å². The maximum Gasteiger partial charge on any atom is 0.113 e. The van der Waals surface area contributed by atoms with Gasteiger partial charge in [0.25, 0.3) is 0 Å². The van der Waals surface area contributed by atoms with Crippen LogP contribution in [-0.2, 0) is 11.0 Å². The Labute approximate surface area is 128 Å². The van der Waals surface area contributed by atoms with Crippen molar-refractivity contribution in [2.45, 2.75) is 78.2 Å². The first-order chi connectivity index (χ1) is 9.05. The van der Waals surface area contributed by atoms with E-state index >= 15 is 0 Å². The fourth-order valence-electron chi connectivity index (χ4n) is 3.49. The molecule has 3 heteroatoms. The van der Waals surface area contributed by atoms with Gasteiger partial charge >= 0.3 is 0 Å². The first-order valence-electron chi connectivity index (χ1n) is 7.80. The highest BCUT2D eigenvalue weighted by Gasteiger charge is 2.46. The molecule has 1 saturated carbocycles. The monoisotopic (exact) mass is 294 g/mol. The van der Waals surface area contributed by atoms with E-state index in [1.165, 1.54) is 25.0 Å². The molecule has 1 aliphatic rings. The molecule has 2 unspecified atom stereocenters. The lowest BCUT2D eigenvalue weighted by Crippen LogP contribution is -2.51. The van der Waals surface area contributed by atoms with Gasteiger partial charge in [-0.1, -0.05) is 54.4 Å². The Morgan fingerprint density at radius 3 is 2.35 bits per heavy atom. The van der Waals surface area contributed by atoms with Crippen LogP contribution in [-0.4, -0.2) is 4.98 Å². The molecule has 1 aromatic rings. The Morgan fingerprint density at radius 2 is 1.85 bits per heavy atom. The number of nitrogens with zero attached hydrogens (tertiary/aromatic N) is 1. The second kappa shape index (κ2) is 5.10. The lowest BCUT2D eigenvalue weighted by Gasteiger charge is -2.46. The summed E-state index contributed by atoms with van der Waals surface area (Å²) in [5, 5.41) is 3.36. The predicted octanol–water partition coefficient (Wildman–Crippen LogP) is 4.83.